The van der Waals surface area contributed by atoms with Crippen LogP contribution >= 0.6 is 0 Å². The Morgan fingerprint density at radius 2 is 0.897 bits per heavy atom. The fraction of sp³-hybridized carbons (Fsp3) is 0.709. The molecule has 1 aliphatic heterocycles. The van der Waals surface area contributed by atoms with Gasteiger partial charge in [0.05, 0.1) is 25.5 Å². The highest BCUT2D eigenvalue weighted by Gasteiger charge is 2.44. The number of likely N-dealkylation sites (tertiary alicyclic amines) is 1. The van der Waals surface area contributed by atoms with Crippen LogP contribution in [0.25, 0.3) is 0 Å². The Labute approximate surface area is 732 Å². The first kappa shape index (κ1) is 106. The standard InChI is InChI=1S/C79H136N28O19/c1-41(2)33-52(68(120)105-79(7,8)74(126)104-60(42(3)109)71(123)98-49(25-17-31-92-77(87)88)62(114)96-50(27-28-58(80)111)65(117)95-47(23-15-29-90-75(83)84)63(115)99-51(61(82)113)34-44-19-11-9-12-20-44)100-67(119)55(37-59(81)112)102-66(118)53(35-45-21-13-10-14-22-45)103-73(125)78(5,6)106-69(121)54(36-46-38-89-40-93-46)101-64(116)48(24-16-30-91-76(85)86)97-70(122)57-26-18-32-107(57)72(124)56(39-108)94-43(4)110/h38,40-42,44-45,47-57,60,108-109H,9-37,39H2,1-8H3,(H2,80,111)(H2,81,112)(H2,82,113)(H,89,93)(H,94,110)(H,95,117)(H,96,114)(H,97,122)(H,98,123)(H,99,115)(H,100,119)(H,101,116)(H,102,118)(H,103,125)(H,104,126)(H,105,120)(H,106,121)(H4,83,84,90)(H4,85,86,91)(H4,87,88,92)/t42-,47+,48+,49+,50+,51+,52+,53+,54+,55+,56+,57-,60+/m1/s1. The molecular weight excluding hydrogens is 1650 g/mol. The van der Waals surface area contributed by atoms with Crippen LogP contribution in [0.3, 0.4) is 0 Å². The van der Waals surface area contributed by atoms with Gasteiger partial charge in [-0.3, -0.25) is 96.5 Å². The van der Waals surface area contributed by atoms with Gasteiger partial charge in [0.25, 0.3) is 0 Å². The first-order chi connectivity index (χ1) is 59.2. The van der Waals surface area contributed by atoms with Crippen molar-refractivity contribution in [3.63, 3.8) is 0 Å². The maximum atomic E-state index is 14.8. The highest BCUT2D eigenvalue weighted by molar-refractivity contribution is 6.02. The Morgan fingerprint density at radius 1 is 0.476 bits per heavy atom. The summed E-state index contributed by atoms with van der Waals surface area (Å²) < 4.78 is 0. The second-order valence-electron chi connectivity index (χ2n) is 33.9. The third-order valence-corrected chi connectivity index (χ3v) is 21.7. The molecule has 47 nitrogen and oxygen atoms in total. The average molecular weight is 1780 g/mol. The number of carbonyl (C=O) groups is 17. The molecule has 0 unspecified atom stereocenters. The molecule has 34 N–H and O–H groups in total. The molecule has 2 heterocycles. The number of nitrogens with one attached hydrogen (secondary N) is 14. The van der Waals surface area contributed by atoms with Crippen LogP contribution in [0.2, 0.25) is 0 Å². The van der Waals surface area contributed by atoms with Gasteiger partial charge in [-0.25, -0.2) is 4.98 Å². The number of hydrogen-bond acceptors (Lipinski definition) is 23. The number of nitrogens with two attached hydrogens (primary N) is 9. The molecule has 4 rings (SSSR count). The van der Waals surface area contributed by atoms with Crippen molar-refractivity contribution in [1.82, 2.24) is 84.0 Å². The smallest absolute Gasteiger partial charge is 0.248 e. The highest BCUT2D eigenvalue weighted by atomic mass is 16.3. The molecular formula is C79H136N28O19. The van der Waals surface area contributed by atoms with Crippen LogP contribution in [0.5, 0.6) is 0 Å². The number of aliphatic hydroxyl groups excluding tert-OH is 2. The van der Waals surface area contributed by atoms with E-state index in [-0.39, 0.29) is 127 Å². The van der Waals surface area contributed by atoms with E-state index in [1.165, 1.54) is 45.1 Å². The lowest BCUT2D eigenvalue weighted by molar-refractivity contribution is -0.143. The SMILES string of the molecule is CC(=O)N[C@@H](CO)C(=O)N1CCC[C@@H]1C(=O)N[C@@H](CCCN=C(N)N)C(=O)N[C@@H](Cc1cnc[nH]1)C(=O)NC(C)(C)C(=O)N[C@@H](CC1CCCCC1)C(=O)N[C@@H](CC(N)=O)C(=O)N[C@@H](CC(C)C)C(=O)NC(C)(C)C(=O)N[C@H](C(=O)N[C@@H](CCCN=C(N)N)C(=O)N[C@@H](CCC(N)=O)C(=O)N[C@@H](CCCN=C(N)N)C(=O)N[C@@H](CC1CCCCC1)C(N)=O)[C@@H](C)O. The predicted molar refractivity (Wildman–Crippen MR) is 460 cm³/mol. The zero-order valence-electron chi connectivity index (χ0n) is 73.4. The number of aliphatic imine (C=N–C) groups is 3. The number of rotatable bonds is 54. The summed E-state index contributed by atoms with van der Waals surface area (Å²) in [4.78, 5) is 257. The average Bonchev–Trinajstić information content (AvgIpc) is 1.66. The second-order valence-corrected chi connectivity index (χ2v) is 33.9. The predicted octanol–water partition coefficient (Wildman–Crippen LogP) is -7.77. The molecule has 47 heteroatoms. The van der Waals surface area contributed by atoms with Gasteiger partial charge < -0.3 is 141 Å². The van der Waals surface area contributed by atoms with E-state index in [9.17, 15) is 91.7 Å². The van der Waals surface area contributed by atoms with Crippen LogP contribution in [0.1, 0.15) is 215 Å². The largest absolute Gasteiger partial charge is 0.394 e. The van der Waals surface area contributed by atoms with E-state index in [0.29, 0.717) is 25.0 Å². The Hall–Kier alpha value is -12.1. The summed E-state index contributed by atoms with van der Waals surface area (Å²) in [5, 5.41) is 54.4. The number of guanidine groups is 3. The molecule has 1 aromatic heterocycles. The molecule has 0 bridgehead atoms. The topological polar surface area (TPSA) is 790 Å². The summed E-state index contributed by atoms with van der Waals surface area (Å²) in [5.41, 5.74) is 46.6. The second kappa shape index (κ2) is 52.6. The van der Waals surface area contributed by atoms with Crippen molar-refractivity contribution in [1.29, 1.82) is 0 Å². The molecule has 0 spiro atoms. The summed E-state index contributed by atoms with van der Waals surface area (Å²) in [6.07, 6.45) is 7.25. The van der Waals surface area contributed by atoms with E-state index < -0.39 is 222 Å². The molecule has 0 radical (unpaired) electrons. The molecule has 706 valence electrons. The maximum absolute atomic E-state index is 14.8. The molecule has 2 aliphatic carbocycles. The Bertz CT molecular complexity index is 3970. The first-order valence-corrected chi connectivity index (χ1v) is 42.8. The molecule has 3 aliphatic rings. The molecule has 0 aromatic carbocycles. The van der Waals surface area contributed by atoms with Crippen LogP contribution in [0, 0.1) is 17.8 Å². The number of carbonyl (C=O) groups excluding carboxylic acids is 17. The van der Waals surface area contributed by atoms with Crippen molar-refractivity contribution < 1.29 is 91.7 Å². The van der Waals surface area contributed by atoms with Gasteiger partial charge in [0, 0.05) is 57.8 Å². The summed E-state index contributed by atoms with van der Waals surface area (Å²) in [7, 11) is 0. The van der Waals surface area contributed by atoms with Gasteiger partial charge in [-0.15, -0.1) is 0 Å². The minimum atomic E-state index is -2.04. The Morgan fingerprint density at radius 3 is 1.33 bits per heavy atom. The Kier molecular flexibility index (Phi) is 44.4. The minimum absolute atomic E-state index is 0.00326. The third kappa shape index (κ3) is 37.8. The number of aliphatic hydroxyl groups is 2. The maximum Gasteiger partial charge on any atom is 0.248 e. The lowest BCUT2D eigenvalue weighted by Crippen LogP contribution is -2.65. The number of primary amides is 3. The van der Waals surface area contributed by atoms with E-state index in [2.05, 4.69) is 94.1 Å². The number of nitrogens with zero attached hydrogens (tertiary/aromatic N) is 5. The first-order valence-electron chi connectivity index (χ1n) is 42.8. The van der Waals surface area contributed by atoms with Gasteiger partial charge in [0.1, 0.15) is 83.6 Å². The monoisotopic (exact) mass is 1780 g/mol. The van der Waals surface area contributed by atoms with Crippen LogP contribution in [-0.4, -0.2) is 266 Å². The van der Waals surface area contributed by atoms with Crippen LogP contribution in [-0.2, 0) is 87.9 Å². The van der Waals surface area contributed by atoms with E-state index >= 15 is 0 Å². The number of H-pyrrole nitrogens is 1. The highest BCUT2D eigenvalue weighted by Crippen LogP contribution is 2.30. The van der Waals surface area contributed by atoms with Gasteiger partial charge in [-0.05, 0) is 129 Å². The third-order valence-electron chi connectivity index (χ3n) is 21.7. The zero-order chi connectivity index (χ0) is 94.3. The molecule has 1 aromatic rings. The van der Waals surface area contributed by atoms with Crippen molar-refractivity contribution in [2.24, 2.45) is 84.3 Å². The van der Waals surface area contributed by atoms with Crippen molar-refractivity contribution in [3.8, 4) is 0 Å². The van der Waals surface area contributed by atoms with E-state index in [1.54, 1.807) is 13.8 Å². The molecule has 17 amide bonds. The summed E-state index contributed by atoms with van der Waals surface area (Å²) in [6, 6.07) is -18.1. The van der Waals surface area contributed by atoms with E-state index in [1.807, 2.05) is 0 Å². The van der Waals surface area contributed by atoms with Gasteiger partial charge >= 0.3 is 0 Å². The van der Waals surface area contributed by atoms with Gasteiger partial charge in [-0.1, -0.05) is 78.1 Å². The number of aromatic nitrogens is 2. The normalized spacial score (nSPS) is 17.1. The van der Waals surface area contributed by atoms with Crippen LogP contribution < -0.4 is 121 Å². The number of aromatic amines is 1. The summed E-state index contributed by atoms with van der Waals surface area (Å²) >= 11 is 0. The van der Waals surface area contributed by atoms with Crippen LogP contribution in [0.4, 0.5) is 0 Å². The van der Waals surface area contributed by atoms with Crippen molar-refractivity contribution in [2.45, 2.75) is 306 Å². The number of imidazole rings is 1. The summed E-state index contributed by atoms with van der Waals surface area (Å²) in [5.74, 6) is -17.4. The van der Waals surface area contributed by atoms with Gasteiger partial charge in [-0.2, -0.15) is 0 Å². The van der Waals surface area contributed by atoms with Crippen molar-refractivity contribution in [2.75, 3.05) is 32.8 Å². The molecule has 126 heavy (non-hydrogen) atoms. The molecule has 13 atom stereocenters. The van der Waals surface area contributed by atoms with Crippen molar-refractivity contribution in [3.05, 3.63) is 18.2 Å². The minimum Gasteiger partial charge on any atom is -0.394 e. The quantitative estimate of drug-likeness (QED) is 0.0164. The summed E-state index contributed by atoms with van der Waals surface area (Å²) in [6.45, 7) is 9.90. The molecule has 3 fully saturated rings. The van der Waals surface area contributed by atoms with E-state index in [0.717, 1.165) is 65.2 Å². The number of hydrogen-bond donors (Lipinski definition) is 25. The van der Waals surface area contributed by atoms with Crippen LogP contribution in [0.15, 0.2) is 27.5 Å². The molecule has 2 saturated carbocycles. The Balaban J connectivity index is 1.58. The van der Waals surface area contributed by atoms with Gasteiger partial charge in [0.2, 0.25) is 100 Å². The molecule has 1 saturated heterocycles. The van der Waals surface area contributed by atoms with Crippen molar-refractivity contribution >= 4 is 118 Å². The lowest BCUT2D eigenvalue weighted by Gasteiger charge is -2.33. The fourth-order valence-corrected chi connectivity index (χ4v) is 14.9. The lowest BCUT2D eigenvalue weighted by atomic mass is 9.84. The van der Waals surface area contributed by atoms with Gasteiger partial charge in [0.15, 0.2) is 17.9 Å². The zero-order valence-corrected chi connectivity index (χ0v) is 73.4. The van der Waals surface area contributed by atoms with E-state index in [4.69, 9.17) is 51.6 Å². The number of amides is 17. The fourth-order valence-electron chi connectivity index (χ4n) is 14.9.